The normalized spacial score (nSPS) is 18.1. The summed E-state index contributed by atoms with van der Waals surface area (Å²) in [6, 6.07) is 3.20. The van der Waals surface area contributed by atoms with Gasteiger partial charge in [-0.2, -0.15) is 0 Å². The zero-order valence-corrected chi connectivity index (χ0v) is 17.8. The Morgan fingerprint density at radius 2 is 1.72 bits per heavy atom. The fourth-order valence-electron chi connectivity index (χ4n) is 3.37. The number of Topliss-reactive ketones (excluding diaryl/α,β-unsaturated/α-hetero) is 1. The third-order valence-corrected chi connectivity index (χ3v) is 4.71. The van der Waals surface area contributed by atoms with E-state index in [1.54, 1.807) is 39.8 Å². The maximum Gasteiger partial charge on any atom is 0.325 e. The van der Waals surface area contributed by atoms with Crippen molar-refractivity contribution in [1.29, 1.82) is 0 Å². The smallest absolute Gasteiger partial charge is 0.325 e. The summed E-state index contributed by atoms with van der Waals surface area (Å²) in [6.45, 7) is 10.9. The van der Waals surface area contributed by atoms with E-state index in [0.717, 1.165) is 0 Å². The number of methoxy groups -OCH3 is 2. The van der Waals surface area contributed by atoms with E-state index >= 15 is 0 Å². The number of benzene rings is 1. The van der Waals surface area contributed by atoms with Gasteiger partial charge in [0.05, 0.1) is 27.2 Å². The quantitative estimate of drug-likeness (QED) is 0.391. The lowest BCUT2D eigenvalue weighted by Gasteiger charge is -2.31. The molecule has 0 aliphatic heterocycles. The van der Waals surface area contributed by atoms with Gasteiger partial charge in [0.1, 0.15) is 5.60 Å². The number of ether oxygens (including phenoxy) is 4. The first-order valence-corrected chi connectivity index (χ1v) is 9.37. The lowest BCUT2D eigenvalue weighted by Crippen LogP contribution is -2.44. The van der Waals surface area contributed by atoms with Gasteiger partial charge in [0.2, 0.25) is 0 Å². The Labute approximate surface area is 171 Å². The van der Waals surface area contributed by atoms with Gasteiger partial charge < -0.3 is 18.9 Å². The molecule has 0 amide bonds. The standard InChI is InChI=1S/C22H28O7/c1-8-28-18(23)9-13(2)22(20(25)29-21(3,4)5)12-14-10-16(26-6)17(27-7)11-15(14)19(22)24/h10-11H,2,8-9,12H2,1,3-7H3/t22-/m0/s1. The van der Waals surface area contributed by atoms with Gasteiger partial charge in [-0.3, -0.25) is 14.4 Å². The first kappa shape index (κ1) is 22.5. The van der Waals surface area contributed by atoms with Crippen molar-refractivity contribution in [1.82, 2.24) is 0 Å². The van der Waals surface area contributed by atoms with Crippen LogP contribution in [0.3, 0.4) is 0 Å². The molecule has 7 heteroatoms. The van der Waals surface area contributed by atoms with Crippen LogP contribution in [0.25, 0.3) is 0 Å². The Morgan fingerprint density at radius 1 is 1.14 bits per heavy atom. The minimum absolute atomic E-state index is 0.0225. The van der Waals surface area contributed by atoms with Gasteiger partial charge in [-0.15, -0.1) is 0 Å². The summed E-state index contributed by atoms with van der Waals surface area (Å²) in [6.07, 6.45) is -0.240. The van der Waals surface area contributed by atoms with Gasteiger partial charge in [-0.25, -0.2) is 0 Å². The van der Waals surface area contributed by atoms with E-state index in [-0.39, 0.29) is 25.0 Å². The number of hydrogen-bond donors (Lipinski definition) is 0. The van der Waals surface area contributed by atoms with Gasteiger partial charge in [-0.05, 0) is 51.0 Å². The monoisotopic (exact) mass is 404 g/mol. The lowest BCUT2D eigenvalue weighted by atomic mass is 9.75. The average Bonchev–Trinajstić information content (AvgIpc) is 2.92. The van der Waals surface area contributed by atoms with E-state index < -0.39 is 28.7 Å². The third kappa shape index (κ3) is 4.28. The van der Waals surface area contributed by atoms with Crippen molar-refractivity contribution in [3.8, 4) is 11.5 Å². The van der Waals surface area contributed by atoms with E-state index in [0.29, 0.717) is 22.6 Å². The molecule has 0 radical (unpaired) electrons. The molecule has 1 aromatic carbocycles. The highest BCUT2D eigenvalue weighted by Crippen LogP contribution is 2.47. The molecule has 0 saturated heterocycles. The summed E-state index contributed by atoms with van der Waals surface area (Å²) in [5, 5.41) is 0. The van der Waals surface area contributed by atoms with Gasteiger partial charge >= 0.3 is 11.9 Å². The Balaban J connectivity index is 2.56. The Hall–Kier alpha value is -2.83. The van der Waals surface area contributed by atoms with Crippen molar-refractivity contribution in [2.75, 3.05) is 20.8 Å². The molecular weight excluding hydrogens is 376 g/mol. The predicted octanol–water partition coefficient (Wildman–Crippen LogP) is 3.28. The van der Waals surface area contributed by atoms with Crippen LogP contribution >= 0.6 is 0 Å². The van der Waals surface area contributed by atoms with Crippen molar-refractivity contribution in [3.05, 3.63) is 35.4 Å². The molecule has 0 aromatic heterocycles. The fraction of sp³-hybridized carbons (Fsp3) is 0.500. The summed E-state index contributed by atoms with van der Waals surface area (Å²) in [7, 11) is 2.95. The van der Waals surface area contributed by atoms with Crippen molar-refractivity contribution >= 4 is 17.7 Å². The Morgan fingerprint density at radius 3 is 2.24 bits per heavy atom. The highest BCUT2D eigenvalue weighted by molar-refractivity contribution is 6.19. The third-order valence-electron chi connectivity index (χ3n) is 4.71. The lowest BCUT2D eigenvalue weighted by molar-refractivity contribution is -0.162. The zero-order valence-electron chi connectivity index (χ0n) is 17.8. The van der Waals surface area contributed by atoms with Gasteiger partial charge in [0.25, 0.3) is 0 Å². The molecule has 2 rings (SSSR count). The van der Waals surface area contributed by atoms with Crippen LogP contribution in [0.4, 0.5) is 0 Å². The molecule has 1 aliphatic rings. The molecule has 0 spiro atoms. The van der Waals surface area contributed by atoms with Crippen LogP contribution in [0.2, 0.25) is 0 Å². The predicted molar refractivity (Wildman–Crippen MR) is 106 cm³/mol. The molecule has 1 atom stereocenters. The first-order chi connectivity index (χ1) is 13.5. The molecule has 158 valence electrons. The van der Waals surface area contributed by atoms with E-state index in [4.69, 9.17) is 18.9 Å². The molecule has 0 heterocycles. The van der Waals surface area contributed by atoms with Crippen molar-refractivity contribution in [3.63, 3.8) is 0 Å². The molecule has 0 bridgehead atoms. The summed E-state index contributed by atoms with van der Waals surface area (Å²) in [5.41, 5.74) is -1.47. The van der Waals surface area contributed by atoms with Crippen LogP contribution in [0, 0.1) is 5.41 Å². The zero-order chi connectivity index (χ0) is 22.0. The number of fused-ring (bicyclic) bond motifs is 1. The van der Waals surface area contributed by atoms with E-state index in [1.165, 1.54) is 14.2 Å². The maximum absolute atomic E-state index is 13.5. The van der Waals surface area contributed by atoms with E-state index in [2.05, 4.69) is 6.58 Å². The molecule has 0 fully saturated rings. The number of carbonyl (C=O) groups excluding carboxylic acids is 3. The summed E-state index contributed by atoms with van der Waals surface area (Å²) >= 11 is 0. The molecule has 1 aromatic rings. The first-order valence-electron chi connectivity index (χ1n) is 9.37. The summed E-state index contributed by atoms with van der Waals surface area (Å²) in [4.78, 5) is 38.8. The van der Waals surface area contributed by atoms with Crippen LogP contribution < -0.4 is 9.47 Å². The molecule has 0 N–H and O–H groups in total. The second kappa shape index (κ2) is 8.27. The highest BCUT2D eigenvalue weighted by Gasteiger charge is 2.56. The van der Waals surface area contributed by atoms with E-state index in [9.17, 15) is 14.4 Å². The van der Waals surface area contributed by atoms with Crippen LogP contribution in [-0.4, -0.2) is 44.1 Å². The largest absolute Gasteiger partial charge is 0.493 e. The van der Waals surface area contributed by atoms with Crippen LogP contribution in [0.1, 0.15) is 50.0 Å². The second-order valence-electron chi connectivity index (χ2n) is 7.86. The topological polar surface area (TPSA) is 88.1 Å². The molecule has 29 heavy (non-hydrogen) atoms. The van der Waals surface area contributed by atoms with Crippen molar-refractivity contribution in [2.24, 2.45) is 5.41 Å². The molecule has 0 unspecified atom stereocenters. The number of rotatable bonds is 7. The highest BCUT2D eigenvalue weighted by atomic mass is 16.6. The number of carbonyl (C=O) groups is 3. The van der Waals surface area contributed by atoms with Crippen LogP contribution in [0.5, 0.6) is 11.5 Å². The SMILES string of the molecule is C=C(CC(=O)OCC)[C@@]1(C(=O)OC(C)(C)C)Cc2cc(OC)c(OC)cc2C1=O. The van der Waals surface area contributed by atoms with Gasteiger partial charge in [0.15, 0.2) is 22.7 Å². The van der Waals surface area contributed by atoms with E-state index in [1.807, 2.05) is 0 Å². The molecule has 1 aliphatic carbocycles. The summed E-state index contributed by atoms with van der Waals surface area (Å²) in [5.74, 6) is -0.958. The minimum atomic E-state index is -1.71. The maximum atomic E-state index is 13.5. The van der Waals surface area contributed by atoms with Crippen LogP contribution in [0.15, 0.2) is 24.3 Å². The summed E-state index contributed by atoms with van der Waals surface area (Å²) < 4.78 is 21.1. The van der Waals surface area contributed by atoms with Gasteiger partial charge in [-0.1, -0.05) is 6.58 Å². The fourth-order valence-corrected chi connectivity index (χ4v) is 3.37. The number of esters is 2. The Kier molecular flexibility index (Phi) is 6.40. The van der Waals surface area contributed by atoms with Gasteiger partial charge in [0, 0.05) is 12.0 Å². The molecule has 0 saturated carbocycles. The molecular formula is C22H28O7. The number of ketones is 1. The van der Waals surface area contributed by atoms with Crippen molar-refractivity contribution in [2.45, 2.75) is 46.1 Å². The number of hydrogen-bond acceptors (Lipinski definition) is 7. The minimum Gasteiger partial charge on any atom is -0.493 e. The molecule has 7 nitrogen and oxygen atoms in total. The Bertz CT molecular complexity index is 847. The second-order valence-corrected chi connectivity index (χ2v) is 7.86. The average molecular weight is 404 g/mol. The van der Waals surface area contributed by atoms with Crippen molar-refractivity contribution < 1.29 is 33.3 Å². The van der Waals surface area contributed by atoms with Crippen LogP contribution in [-0.2, 0) is 25.5 Å².